The Morgan fingerprint density at radius 1 is 1.20 bits per heavy atom. The van der Waals surface area contributed by atoms with Gasteiger partial charge in [-0.05, 0) is 44.5 Å². The molecule has 5 nitrogen and oxygen atoms in total. The number of aryl methyl sites for hydroxylation is 2. The van der Waals surface area contributed by atoms with Gasteiger partial charge >= 0.3 is 0 Å². The second-order valence-electron chi connectivity index (χ2n) is 6.32. The number of ether oxygens (including phenoxy) is 1. The molecule has 0 saturated carbocycles. The van der Waals surface area contributed by atoms with Gasteiger partial charge in [0.15, 0.2) is 11.5 Å². The Kier molecular flexibility index (Phi) is 3.64. The minimum Gasteiger partial charge on any atom is -0.504 e. The zero-order chi connectivity index (χ0) is 17.6. The number of benzene rings is 2. The number of hydrogen-bond acceptors (Lipinski definition) is 4. The van der Waals surface area contributed by atoms with Crippen molar-refractivity contribution in [2.75, 3.05) is 11.9 Å². The predicted molar refractivity (Wildman–Crippen MR) is 98.2 cm³/mol. The molecule has 2 N–H and O–H groups in total. The van der Waals surface area contributed by atoms with E-state index in [1.807, 2.05) is 30.7 Å². The Hall–Kier alpha value is -2.95. The van der Waals surface area contributed by atoms with E-state index >= 15 is 0 Å². The lowest BCUT2D eigenvalue weighted by atomic mass is 10.0. The van der Waals surface area contributed by atoms with Gasteiger partial charge in [0.2, 0.25) is 0 Å². The van der Waals surface area contributed by atoms with Crippen LogP contribution >= 0.6 is 0 Å². The van der Waals surface area contributed by atoms with Crippen LogP contribution in [0, 0.1) is 13.8 Å². The fraction of sp³-hybridized carbons (Fsp3) is 0.250. The Labute approximate surface area is 146 Å². The van der Waals surface area contributed by atoms with Gasteiger partial charge in [0.25, 0.3) is 0 Å². The lowest BCUT2D eigenvalue weighted by Crippen LogP contribution is -2.26. The first-order valence-corrected chi connectivity index (χ1v) is 8.47. The molecular formula is C20H21N3O2. The van der Waals surface area contributed by atoms with E-state index in [4.69, 9.17) is 4.74 Å². The van der Waals surface area contributed by atoms with E-state index in [0.29, 0.717) is 12.4 Å². The van der Waals surface area contributed by atoms with Crippen LogP contribution < -0.4 is 10.1 Å². The molecule has 0 amide bonds. The van der Waals surface area contributed by atoms with Crippen LogP contribution in [0.5, 0.6) is 11.5 Å². The number of nitrogens with zero attached hydrogens (tertiary/aromatic N) is 2. The topological polar surface area (TPSA) is 59.3 Å². The number of rotatable bonds is 3. The van der Waals surface area contributed by atoms with E-state index in [9.17, 15) is 5.11 Å². The molecule has 5 heteroatoms. The molecule has 0 bridgehead atoms. The number of aromatic nitrogens is 2. The second-order valence-corrected chi connectivity index (χ2v) is 6.32. The van der Waals surface area contributed by atoms with Gasteiger partial charge in [-0.2, -0.15) is 5.10 Å². The van der Waals surface area contributed by atoms with Gasteiger partial charge in [-0.3, -0.25) is 0 Å². The van der Waals surface area contributed by atoms with Crippen LogP contribution in [0.25, 0.3) is 11.3 Å². The molecule has 3 aromatic rings. The summed E-state index contributed by atoms with van der Waals surface area (Å²) in [6.45, 7) is 6.51. The third kappa shape index (κ3) is 2.52. The highest BCUT2D eigenvalue weighted by Gasteiger charge is 2.27. The van der Waals surface area contributed by atoms with Crippen LogP contribution in [-0.2, 0) is 0 Å². The van der Waals surface area contributed by atoms with E-state index in [2.05, 4.69) is 41.6 Å². The summed E-state index contributed by atoms with van der Waals surface area (Å²) in [5, 5.41) is 18.3. The Morgan fingerprint density at radius 2 is 2.04 bits per heavy atom. The normalized spacial score (nSPS) is 15.2. The first-order chi connectivity index (χ1) is 12.1. The molecule has 0 radical (unpaired) electrons. The van der Waals surface area contributed by atoms with Crippen LogP contribution in [0.2, 0.25) is 0 Å². The largest absolute Gasteiger partial charge is 0.504 e. The second kappa shape index (κ2) is 5.84. The smallest absolute Gasteiger partial charge is 0.161 e. The van der Waals surface area contributed by atoms with Crippen molar-refractivity contribution in [2.45, 2.75) is 26.9 Å². The Balaban J connectivity index is 1.87. The standard InChI is InChI=1S/C20H21N3O2/c1-4-25-18-11-14(8-9-17(18)24)20-21-19-12(2)6-5-7-15(19)16-10-13(3)22-23(16)20/h5-11,20-21,24H,4H2,1-3H3. The van der Waals surface area contributed by atoms with E-state index < -0.39 is 0 Å². The number of fused-ring (bicyclic) bond motifs is 3. The van der Waals surface area contributed by atoms with E-state index in [-0.39, 0.29) is 11.9 Å². The molecule has 1 unspecified atom stereocenters. The molecule has 4 rings (SSSR count). The average molecular weight is 335 g/mol. The van der Waals surface area contributed by atoms with Crippen LogP contribution in [0.4, 0.5) is 5.69 Å². The third-order valence-electron chi connectivity index (χ3n) is 4.53. The minimum atomic E-state index is -0.155. The molecule has 2 aromatic carbocycles. The molecule has 2 heterocycles. The SMILES string of the molecule is CCOc1cc(C2Nc3c(C)cccc3-c3cc(C)nn32)ccc1O. The van der Waals surface area contributed by atoms with Crippen molar-refractivity contribution in [3.63, 3.8) is 0 Å². The first kappa shape index (κ1) is 15.6. The van der Waals surface area contributed by atoms with Crippen molar-refractivity contribution in [2.24, 2.45) is 0 Å². The highest BCUT2D eigenvalue weighted by atomic mass is 16.5. The summed E-state index contributed by atoms with van der Waals surface area (Å²) in [4.78, 5) is 0. The van der Waals surface area contributed by atoms with Crippen LogP contribution in [-0.4, -0.2) is 21.5 Å². The van der Waals surface area contributed by atoms with Crippen LogP contribution in [0.3, 0.4) is 0 Å². The molecule has 0 spiro atoms. The molecular weight excluding hydrogens is 314 g/mol. The number of para-hydroxylation sites is 1. The average Bonchev–Trinajstić information content (AvgIpc) is 2.99. The van der Waals surface area contributed by atoms with E-state index in [0.717, 1.165) is 28.2 Å². The fourth-order valence-corrected chi connectivity index (χ4v) is 3.38. The highest BCUT2D eigenvalue weighted by molar-refractivity contribution is 5.81. The van der Waals surface area contributed by atoms with Gasteiger partial charge in [0.1, 0.15) is 6.17 Å². The van der Waals surface area contributed by atoms with Gasteiger partial charge in [-0.25, -0.2) is 4.68 Å². The number of phenols is 1. The van der Waals surface area contributed by atoms with Crippen LogP contribution in [0.1, 0.15) is 29.9 Å². The molecule has 1 atom stereocenters. The molecule has 25 heavy (non-hydrogen) atoms. The zero-order valence-electron chi connectivity index (χ0n) is 14.6. The summed E-state index contributed by atoms with van der Waals surface area (Å²) in [6.07, 6.45) is -0.155. The van der Waals surface area contributed by atoms with E-state index in [1.54, 1.807) is 6.07 Å². The summed E-state index contributed by atoms with van der Waals surface area (Å²) in [7, 11) is 0. The van der Waals surface area contributed by atoms with Crippen molar-refractivity contribution in [1.29, 1.82) is 0 Å². The third-order valence-corrected chi connectivity index (χ3v) is 4.53. The maximum Gasteiger partial charge on any atom is 0.161 e. The van der Waals surface area contributed by atoms with Gasteiger partial charge in [0.05, 0.1) is 18.0 Å². The first-order valence-electron chi connectivity index (χ1n) is 8.47. The summed E-state index contributed by atoms with van der Waals surface area (Å²) >= 11 is 0. The zero-order valence-corrected chi connectivity index (χ0v) is 14.6. The molecule has 0 saturated heterocycles. The summed E-state index contributed by atoms with van der Waals surface area (Å²) in [6, 6.07) is 13.8. The summed E-state index contributed by atoms with van der Waals surface area (Å²) in [5.41, 5.74) is 6.51. The maximum absolute atomic E-state index is 10.00. The summed E-state index contributed by atoms with van der Waals surface area (Å²) in [5.74, 6) is 0.637. The molecule has 1 aliphatic rings. The fourth-order valence-electron chi connectivity index (χ4n) is 3.38. The summed E-state index contributed by atoms with van der Waals surface area (Å²) < 4.78 is 7.55. The van der Waals surface area contributed by atoms with Crippen molar-refractivity contribution in [1.82, 2.24) is 9.78 Å². The van der Waals surface area contributed by atoms with E-state index in [1.165, 1.54) is 5.56 Å². The minimum absolute atomic E-state index is 0.148. The lowest BCUT2D eigenvalue weighted by Gasteiger charge is -2.30. The maximum atomic E-state index is 10.00. The monoisotopic (exact) mass is 335 g/mol. The predicted octanol–water partition coefficient (Wildman–Crippen LogP) is 4.24. The molecule has 1 aliphatic heterocycles. The number of anilines is 1. The van der Waals surface area contributed by atoms with Gasteiger partial charge in [0, 0.05) is 16.8 Å². The van der Waals surface area contributed by atoms with Crippen molar-refractivity contribution < 1.29 is 9.84 Å². The molecule has 0 aliphatic carbocycles. The number of phenolic OH excluding ortho intramolecular Hbond substituents is 1. The van der Waals surface area contributed by atoms with Gasteiger partial charge in [-0.15, -0.1) is 0 Å². The quantitative estimate of drug-likeness (QED) is 0.751. The van der Waals surface area contributed by atoms with Gasteiger partial charge < -0.3 is 15.2 Å². The number of nitrogens with one attached hydrogen (secondary N) is 1. The van der Waals surface area contributed by atoms with Gasteiger partial charge in [-0.1, -0.05) is 24.3 Å². The molecule has 1 aromatic heterocycles. The van der Waals surface area contributed by atoms with Crippen molar-refractivity contribution in [3.8, 4) is 22.8 Å². The van der Waals surface area contributed by atoms with Crippen LogP contribution in [0.15, 0.2) is 42.5 Å². The molecule has 0 fully saturated rings. The molecule has 128 valence electrons. The number of hydrogen-bond donors (Lipinski definition) is 2. The Bertz CT molecular complexity index is 946. The number of aromatic hydroxyl groups is 1. The highest BCUT2D eigenvalue weighted by Crippen LogP contribution is 2.41. The van der Waals surface area contributed by atoms with Crippen molar-refractivity contribution >= 4 is 5.69 Å². The van der Waals surface area contributed by atoms with Crippen molar-refractivity contribution in [3.05, 3.63) is 59.3 Å². The lowest BCUT2D eigenvalue weighted by molar-refractivity contribution is 0.317. The Morgan fingerprint density at radius 3 is 2.84 bits per heavy atom.